The first kappa shape index (κ1) is 15.4. The second-order valence-electron chi connectivity index (χ2n) is 4.65. The first-order chi connectivity index (χ1) is 9.94. The van der Waals surface area contributed by atoms with Crippen LogP contribution in [0.1, 0.15) is 18.4 Å². The first-order valence-electron chi connectivity index (χ1n) is 6.49. The van der Waals surface area contributed by atoms with E-state index in [0.717, 1.165) is 10.7 Å². The molecule has 21 heavy (non-hydrogen) atoms. The van der Waals surface area contributed by atoms with Gasteiger partial charge in [-0.15, -0.1) is 0 Å². The van der Waals surface area contributed by atoms with Gasteiger partial charge in [0.1, 0.15) is 16.7 Å². The van der Waals surface area contributed by atoms with Gasteiger partial charge >= 0.3 is 0 Å². The average Bonchev–Trinajstić information content (AvgIpc) is 2.40. The molecular weight excluding hydrogens is 289 g/mol. The van der Waals surface area contributed by atoms with E-state index in [1.165, 1.54) is 36.0 Å². The molecule has 1 amide bonds. The van der Waals surface area contributed by atoms with E-state index in [0.29, 0.717) is 11.5 Å². The minimum atomic E-state index is -0.331. The quantitative estimate of drug-likeness (QED) is 0.695. The number of anilines is 1. The summed E-state index contributed by atoms with van der Waals surface area (Å²) in [5.41, 5.74) is 1.44. The van der Waals surface area contributed by atoms with Crippen LogP contribution in [0, 0.1) is 19.7 Å². The highest BCUT2D eigenvalue weighted by Crippen LogP contribution is 2.23. The number of rotatable bonds is 4. The van der Waals surface area contributed by atoms with Crippen molar-refractivity contribution < 1.29 is 9.18 Å². The van der Waals surface area contributed by atoms with E-state index >= 15 is 0 Å². The Morgan fingerprint density at radius 1 is 1.24 bits per heavy atom. The second-order valence-corrected chi connectivity index (χ2v) is 6.01. The average molecular weight is 305 g/mol. The highest BCUT2D eigenvalue weighted by Gasteiger charge is 2.16. The van der Waals surface area contributed by atoms with Crippen LogP contribution in [0.5, 0.6) is 0 Å². The number of hydrogen-bond donors (Lipinski definition) is 1. The number of nitrogens with one attached hydrogen (secondary N) is 1. The van der Waals surface area contributed by atoms with Crippen molar-refractivity contribution >= 4 is 23.4 Å². The second kappa shape index (κ2) is 6.67. The molecule has 2 rings (SSSR count). The third kappa shape index (κ3) is 4.53. The zero-order valence-corrected chi connectivity index (χ0v) is 12.9. The zero-order valence-electron chi connectivity index (χ0n) is 12.1. The van der Waals surface area contributed by atoms with Crippen LogP contribution in [0.3, 0.4) is 0 Å². The lowest BCUT2D eigenvalue weighted by Gasteiger charge is -2.12. The molecule has 0 bridgehead atoms. The Labute approximate surface area is 127 Å². The topological polar surface area (TPSA) is 54.9 Å². The van der Waals surface area contributed by atoms with Crippen LogP contribution in [-0.2, 0) is 4.79 Å². The van der Waals surface area contributed by atoms with Gasteiger partial charge in [-0.25, -0.2) is 14.4 Å². The van der Waals surface area contributed by atoms with Gasteiger partial charge in [-0.1, -0.05) is 11.8 Å². The molecule has 0 aliphatic rings. The van der Waals surface area contributed by atoms with Crippen LogP contribution in [0.15, 0.2) is 35.4 Å². The summed E-state index contributed by atoms with van der Waals surface area (Å²) in [5.74, 6) is 0.200. The van der Waals surface area contributed by atoms with Crippen LogP contribution < -0.4 is 5.32 Å². The maximum absolute atomic E-state index is 12.8. The molecule has 0 saturated heterocycles. The molecule has 0 saturated carbocycles. The molecule has 0 fully saturated rings. The van der Waals surface area contributed by atoms with E-state index in [4.69, 9.17) is 0 Å². The predicted molar refractivity (Wildman–Crippen MR) is 81.9 cm³/mol. The molecule has 1 aromatic heterocycles. The van der Waals surface area contributed by atoms with Crippen LogP contribution in [0.4, 0.5) is 10.1 Å². The molecule has 1 atom stereocenters. The van der Waals surface area contributed by atoms with Crippen molar-refractivity contribution in [2.75, 3.05) is 5.32 Å². The molecule has 1 heterocycles. The van der Waals surface area contributed by atoms with E-state index in [-0.39, 0.29) is 17.0 Å². The lowest BCUT2D eigenvalue weighted by molar-refractivity contribution is -0.115. The Morgan fingerprint density at radius 2 is 1.90 bits per heavy atom. The highest BCUT2D eigenvalue weighted by atomic mass is 32.2. The van der Waals surface area contributed by atoms with Gasteiger partial charge in [-0.2, -0.15) is 0 Å². The standard InChI is InChI=1S/C15H16FN3OS/c1-9-8-14(18-11(3)17-9)21-10(2)15(20)19-13-6-4-12(16)5-7-13/h4-8,10H,1-3H3,(H,19,20). The first-order valence-corrected chi connectivity index (χ1v) is 7.37. The van der Waals surface area contributed by atoms with Gasteiger partial charge in [0.2, 0.25) is 5.91 Å². The number of amides is 1. The minimum Gasteiger partial charge on any atom is -0.325 e. The van der Waals surface area contributed by atoms with Crippen molar-refractivity contribution in [1.82, 2.24) is 9.97 Å². The van der Waals surface area contributed by atoms with Crippen LogP contribution in [-0.4, -0.2) is 21.1 Å². The lowest BCUT2D eigenvalue weighted by Crippen LogP contribution is -2.22. The number of benzene rings is 1. The van der Waals surface area contributed by atoms with Crippen molar-refractivity contribution in [2.24, 2.45) is 0 Å². The summed E-state index contributed by atoms with van der Waals surface area (Å²) in [5, 5.41) is 3.20. The zero-order chi connectivity index (χ0) is 15.4. The van der Waals surface area contributed by atoms with Crippen molar-refractivity contribution in [1.29, 1.82) is 0 Å². The molecule has 2 aromatic rings. The molecule has 110 valence electrons. The fourth-order valence-electron chi connectivity index (χ4n) is 1.76. The Balaban J connectivity index is 2.00. The lowest BCUT2D eigenvalue weighted by atomic mass is 10.3. The Morgan fingerprint density at radius 3 is 2.52 bits per heavy atom. The maximum Gasteiger partial charge on any atom is 0.237 e. The molecule has 0 aliphatic heterocycles. The smallest absolute Gasteiger partial charge is 0.237 e. The summed E-state index contributed by atoms with van der Waals surface area (Å²) in [7, 11) is 0. The number of nitrogens with zero attached hydrogens (tertiary/aromatic N) is 2. The molecule has 0 aliphatic carbocycles. The summed E-state index contributed by atoms with van der Waals surface area (Å²) in [4.78, 5) is 20.6. The number of thioether (sulfide) groups is 1. The van der Waals surface area contributed by atoms with Crippen molar-refractivity contribution in [3.63, 3.8) is 0 Å². The number of halogens is 1. The number of aryl methyl sites for hydroxylation is 2. The largest absolute Gasteiger partial charge is 0.325 e. The van der Waals surface area contributed by atoms with Crippen LogP contribution in [0.25, 0.3) is 0 Å². The van der Waals surface area contributed by atoms with Crippen molar-refractivity contribution in [3.05, 3.63) is 47.7 Å². The normalized spacial score (nSPS) is 12.0. The van der Waals surface area contributed by atoms with E-state index in [2.05, 4.69) is 15.3 Å². The van der Waals surface area contributed by atoms with Gasteiger partial charge in [0.25, 0.3) is 0 Å². The van der Waals surface area contributed by atoms with E-state index in [1.807, 2.05) is 19.9 Å². The Kier molecular flexibility index (Phi) is 4.90. The van der Waals surface area contributed by atoms with E-state index in [9.17, 15) is 9.18 Å². The van der Waals surface area contributed by atoms with Crippen LogP contribution in [0.2, 0.25) is 0 Å². The van der Waals surface area contributed by atoms with Gasteiger partial charge in [0.15, 0.2) is 0 Å². The minimum absolute atomic E-state index is 0.152. The van der Waals surface area contributed by atoms with Crippen molar-refractivity contribution in [3.8, 4) is 0 Å². The number of aromatic nitrogens is 2. The molecular formula is C15H16FN3OS. The summed E-state index contributed by atoms with van der Waals surface area (Å²) in [6.07, 6.45) is 0. The molecule has 0 radical (unpaired) electrons. The molecule has 1 N–H and O–H groups in total. The van der Waals surface area contributed by atoms with E-state index < -0.39 is 0 Å². The van der Waals surface area contributed by atoms with Gasteiger partial charge in [-0.05, 0) is 51.1 Å². The van der Waals surface area contributed by atoms with Gasteiger partial charge in [0.05, 0.1) is 5.25 Å². The fraction of sp³-hybridized carbons (Fsp3) is 0.267. The highest BCUT2D eigenvalue weighted by molar-refractivity contribution is 8.00. The third-order valence-electron chi connectivity index (χ3n) is 2.72. The van der Waals surface area contributed by atoms with Crippen molar-refractivity contribution in [2.45, 2.75) is 31.0 Å². The summed E-state index contributed by atoms with van der Waals surface area (Å²) in [6.45, 7) is 5.51. The Bertz CT molecular complexity index is 626. The van der Waals surface area contributed by atoms with Gasteiger partial charge in [0, 0.05) is 11.4 Å². The summed E-state index contributed by atoms with van der Waals surface area (Å²) in [6, 6.07) is 7.53. The van der Waals surface area contributed by atoms with Crippen LogP contribution >= 0.6 is 11.8 Å². The fourth-order valence-corrected chi connectivity index (χ4v) is 2.71. The summed E-state index contributed by atoms with van der Waals surface area (Å²) >= 11 is 1.37. The number of carbonyl (C=O) groups excluding carboxylic acids is 1. The predicted octanol–water partition coefficient (Wildman–Crippen LogP) is 3.35. The summed E-state index contributed by atoms with van der Waals surface area (Å²) < 4.78 is 12.8. The maximum atomic E-state index is 12.8. The molecule has 1 aromatic carbocycles. The third-order valence-corrected chi connectivity index (χ3v) is 3.74. The molecule has 1 unspecified atom stereocenters. The van der Waals surface area contributed by atoms with E-state index in [1.54, 1.807) is 6.92 Å². The Hall–Kier alpha value is -1.95. The number of carbonyl (C=O) groups is 1. The SMILES string of the molecule is Cc1cc(SC(C)C(=O)Nc2ccc(F)cc2)nc(C)n1. The molecule has 0 spiro atoms. The van der Waals surface area contributed by atoms with Gasteiger partial charge in [-0.3, -0.25) is 4.79 Å². The molecule has 4 nitrogen and oxygen atoms in total. The molecule has 6 heteroatoms. The monoisotopic (exact) mass is 305 g/mol. The van der Waals surface area contributed by atoms with Gasteiger partial charge < -0.3 is 5.32 Å². The number of hydrogen-bond acceptors (Lipinski definition) is 4.